The maximum absolute atomic E-state index is 12.6. The van der Waals surface area contributed by atoms with E-state index in [1.807, 2.05) is 20.9 Å². The second-order valence-electron chi connectivity index (χ2n) is 6.75. The number of nitrogens with two attached hydrogens (primary N) is 1. The molecule has 0 spiro atoms. The van der Waals surface area contributed by atoms with E-state index >= 15 is 0 Å². The number of aryl methyl sites for hydroxylation is 3. The fourth-order valence-electron chi connectivity index (χ4n) is 3.22. The van der Waals surface area contributed by atoms with E-state index in [2.05, 4.69) is 64.4 Å². The third-order valence-electron chi connectivity index (χ3n) is 4.91. The van der Waals surface area contributed by atoms with Crippen molar-refractivity contribution in [2.75, 3.05) is 11.9 Å². The topological polar surface area (TPSA) is 63.5 Å². The van der Waals surface area contributed by atoms with E-state index in [9.17, 15) is 4.79 Å². The second kappa shape index (κ2) is 8.50. The molecule has 5 nitrogen and oxygen atoms in total. The Hall–Kier alpha value is -2.44. The Bertz CT molecular complexity index is 897. The number of benzene rings is 1. The van der Waals surface area contributed by atoms with Gasteiger partial charge in [-0.2, -0.15) is 5.10 Å². The van der Waals surface area contributed by atoms with Gasteiger partial charge < -0.3 is 10.6 Å². The lowest BCUT2D eigenvalue weighted by Gasteiger charge is -2.15. The predicted molar refractivity (Wildman–Crippen MR) is 110 cm³/mol. The molecule has 0 aliphatic rings. The largest absolute Gasteiger partial charge is 0.328 e. The summed E-state index contributed by atoms with van der Waals surface area (Å²) >= 11 is 1.72. The SMILES string of the molecule is CCc1ccc([C@@H]([NH2+]CC(=O)Nc2c(C)nn(C)c2C)c2cccs2)cc1. The molecule has 0 fully saturated rings. The van der Waals surface area contributed by atoms with Crippen LogP contribution in [0.5, 0.6) is 0 Å². The Morgan fingerprint density at radius 2 is 2.00 bits per heavy atom. The van der Waals surface area contributed by atoms with Crippen LogP contribution in [0, 0.1) is 13.8 Å². The van der Waals surface area contributed by atoms with Gasteiger partial charge in [-0.1, -0.05) is 37.3 Å². The number of hydrogen-bond donors (Lipinski definition) is 2. The molecule has 3 aromatic rings. The molecule has 2 aromatic heterocycles. The van der Waals surface area contributed by atoms with Crippen LogP contribution < -0.4 is 10.6 Å². The number of carbonyl (C=O) groups excluding carboxylic acids is 1. The van der Waals surface area contributed by atoms with E-state index in [0.29, 0.717) is 6.54 Å². The molecule has 3 N–H and O–H groups in total. The van der Waals surface area contributed by atoms with Gasteiger partial charge in [-0.05, 0) is 37.3 Å². The quantitative estimate of drug-likeness (QED) is 0.659. The minimum absolute atomic E-state index is 0.0130. The minimum Gasteiger partial charge on any atom is -0.328 e. The zero-order chi connectivity index (χ0) is 19.4. The molecule has 6 heteroatoms. The third kappa shape index (κ3) is 4.46. The van der Waals surface area contributed by atoms with Gasteiger partial charge in [-0.15, -0.1) is 11.3 Å². The highest BCUT2D eigenvalue weighted by atomic mass is 32.1. The molecular weight excluding hydrogens is 356 g/mol. The molecule has 1 amide bonds. The van der Waals surface area contributed by atoms with E-state index in [-0.39, 0.29) is 11.9 Å². The number of amides is 1. The summed E-state index contributed by atoms with van der Waals surface area (Å²) in [6, 6.07) is 13.0. The fourth-order valence-corrected chi connectivity index (χ4v) is 4.07. The predicted octanol–water partition coefficient (Wildman–Crippen LogP) is 2.95. The standard InChI is InChI=1S/C21H26N4OS/c1-5-16-8-10-17(11-9-16)21(18-7-6-12-27-18)22-13-19(26)23-20-14(2)24-25(4)15(20)3/h6-12,21-22H,5,13H2,1-4H3,(H,23,26)/p+1/t21-/m1/s1. The average molecular weight is 384 g/mol. The summed E-state index contributed by atoms with van der Waals surface area (Å²) in [5.41, 5.74) is 5.16. The van der Waals surface area contributed by atoms with E-state index in [1.165, 1.54) is 16.0 Å². The highest BCUT2D eigenvalue weighted by Crippen LogP contribution is 2.23. The maximum Gasteiger partial charge on any atom is 0.279 e. The van der Waals surface area contributed by atoms with Crippen molar-refractivity contribution in [3.8, 4) is 0 Å². The normalized spacial score (nSPS) is 12.1. The van der Waals surface area contributed by atoms with Crippen LogP contribution in [-0.2, 0) is 18.3 Å². The van der Waals surface area contributed by atoms with Gasteiger partial charge in [0.15, 0.2) is 6.54 Å². The molecule has 2 heterocycles. The maximum atomic E-state index is 12.6. The first kappa shape index (κ1) is 19.3. The number of rotatable bonds is 7. The zero-order valence-corrected chi connectivity index (χ0v) is 17.1. The lowest BCUT2D eigenvalue weighted by molar-refractivity contribution is -0.675. The van der Waals surface area contributed by atoms with Gasteiger partial charge in [0.05, 0.1) is 22.0 Å². The van der Waals surface area contributed by atoms with Crippen LogP contribution in [0.15, 0.2) is 41.8 Å². The highest BCUT2D eigenvalue weighted by molar-refractivity contribution is 7.10. The zero-order valence-electron chi connectivity index (χ0n) is 16.3. The molecule has 142 valence electrons. The lowest BCUT2D eigenvalue weighted by atomic mass is 10.0. The van der Waals surface area contributed by atoms with Gasteiger partial charge in [0.25, 0.3) is 5.91 Å². The number of carbonyl (C=O) groups is 1. The number of hydrogen-bond acceptors (Lipinski definition) is 3. The van der Waals surface area contributed by atoms with Crippen molar-refractivity contribution in [1.82, 2.24) is 9.78 Å². The molecule has 0 radical (unpaired) electrons. The summed E-state index contributed by atoms with van der Waals surface area (Å²) in [5, 5.41) is 11.6. The smallest absolute Gasteiger partial charge is 0.279 e. The van der Waals surface area contributed by atoms with E-state index < -0.39 is 0 Å². The molecule has 0 unspecified atom stereocenters. The molecule has 0 saturated carbocycles. The Kier molecular flexibility index (Phi) is 6.08. The first-order valence-electron chi connectivity index (χ1n) is 9.25. The molecule has 0 aliphatic carbocycles. The molecular formula is C21H27N4OS+. The Balaban J connectivity index is 1.72. The monoisotopic (exact) mass is 383 g/mol. The number of nitrogens with zero attached hydrogens (tertiary/aromatic N) is 2. The van der Waals surface area contributed by atoms with Crippen LogP contribution in [-0.4, -0.2) is 22.2 Å². The van der Waals surface area contributed by atoms with Crippen molar-refractivity contribution >= 4 is 22.9 Å². The summed E-state index contributed by atoms with van der Waals surface area (Å²) < 4.78 is 1.79. The summed E-state index contributed by atoms with van der Waals surface area (Å²) in [4.78, 5) is 13.8. The first-order chi connectivity index (χ1) is 13.0. The van der Waals surface area contributed by atoms with Crippen LogP contribution in [0.2, 0.25) is 0 Å². The number of anilines is 1. The Morgan fingerprint density at radius 3 is 2.56 bits per heavy atom. The number of nitrogens with one attached hydrogen (secondary N) is 1. The average Bonchev–Trinajstić information content (AvgIpc) is 3.27. The molecule has 0 bridgehead atoms. The van der Waals surface area contributed by atoms with Crippen LogP contribution in [0.25, 0.3) is 0 Å². The Labute approximate surface area is 164 Å². The van der Waals surface area contributed by atoms with Crippen LogP contribution >= 0.6 is 11.3 Å². The molecule has 1 aromatic carbocycles. The van der Waals surface area contributed by atoms with Crippen molar-refractivity contribution in [3.05, 3.63) is 69.2 Å². The van der Waals surface area contributed by atoms with Crippen molar-refractivity contribution in [1.29, 1.82) is 0 Å². The summed E-state index contributed by atoms with van der Waals surface area (Å²) in [7, 11) is 1.89. The fraction of sp³-hybridized carbons (Fsp3) is 0.333. The van der Waals surface area contributed by atoms with Crippen LogP contribution in [0.4, 0.5) is 5.69 Å². The molecule has 0 saturated heterocycles. The molecule has 27 heavy (non-hydrogen) atoms. The van der Waals surface area contributed by atoms with Crippen molar-refractivity contribution in [2.24, 2.45) is 7.05 Å². The number of quaternary nitrogens is 1. The molecule has 0 aliphatic heterocycles. The molecule has 3 rings (SSSR count). The summed E-state index contributed by atoms with van der Waals surface area (Å²) in [6.45, 7) is 6.38. The van der Waals surface area contributed by atoms with Gasteiger partial charge in [0.1, 0.15) is 6.04 Å². The minimum atomic E-state index is -0.0130. The van der Waals surface area contributed by atoms with Crippen molar-refractivity contribution < 1.29 is 10.1 Å². The van der Waals surface area contributed by atoms with E-state index in [1.54, 1.807) is 16.0 Å². The van der Waals surface area contributed by atoms with Gasteiger partial charge in [-0.25, -0.2) is 0 Å². The summed E-state index contributed by atoms with van der Waals surface area (Å²) in [5.74, 6) is -0.0130. The lowest BCUT2D eigenvalue weighted by Crippen LogP contribution is -2.87. The van der Waals surface area contributed by atoms with Gasteiger partial charge in [-0.3, -0.25) is 9.48 Å². The van der Waals surface area contributed by atoms with Crippen molar-refractivity contribution in [2.45, 2.75) is 33.2 Å². The van der Waals surface area contributed by atoms with E-state index in [4.69, 9.17) is 0 Å². The molecule has 1 atom stereocenters. The second-order valence-corrected chi connectivity index (χ2v) is 7.72. The van der Waals surface area contributed by atoms with Gasteiger partial charge in [0.2, 0.25) is 0 Å². The highest BCUT2D eigenvalue weighted by Gasteiger charge is 2.21. The van der Waals surface area contributed by atoms with Crippen LogP contribution in [0.3, 0.4) is 0 Å². The van der Waals surface area contributed by atoms with Crippen molar-refractivity contribution in [3.63, 3.8) is 0 Å². The van der Waals surface area contributed by atoms with Gasteiger partial charge in [0, 0.05) is 12.6 Å². The number of thiophene rings is 1. The summed E-state index contributed by atoms with van der Waals surface area (Å²) in [6.07, 6.45) is 1.03. The Morgan fingerprint density at radius 1 is 1.26 bits per heavy atom. The first-order valence-corrected chi connectivity index (χ1v) is 10.1. The number of aromatic nitrogens is 2. The van der Waals surface area contributed by atoms with Crippen LogP contribution in [0.1, 0.15) is 40.4 Å². The van der Waals surface area contributed by atoms with E-state index in [0.717, 1.165) is 23.5 Å². The van der Waals surface area contributed by atoms with Gasteiger partial charge >= 0.3 is 0 Å². The third-order valence-corrected chi connectivity index (χ3v) is 5.86.